The number of hydrogen-bond acceptors (Lipinski definition) is 2. The lowest BCUT2D eigenvalue weighted by Crippen LogP contribution is -2.38. The van der Waals surface area contributed by atoms with Gasteiger partial charge < -0.3 is 10.1 Å². The third-order valence-electron chi connectivity index (χ3n) is 2.92. The van der Waals surface area contributed by atoms with Gasteiger partial charge in [-0.25, -0.2) is 8.78 Å². The van der Waals surface area contributed by atoms with Gasteiger partial charge >= 0.3 is 0 Å². The van der Waals surface area contributed by atoms with E-state index in [0.29, 0.717) is 11.8 Å². The molecular weight excluding hydrogens is 252 g/mol. The van der Waals surface area contributed by atoms with Gasteiger partial charge in [0.25, 0.3) is 6.43 Å². The van der Waals surface area contributed by atoms with E-state index in [9.17, 15) is 13.6 Å². The first-order valence-corrected chi connectivity index (χ1v) is 6.38. The summed E-state index contributed by atoms with van der Waals surface area (Å²) in [5.74, 6) is 0.733. The minimum Gasteiger partial charge on any atom is -0.375 e. The van der Waals surface area contributed by atoms with E-state index >= 15 is 0 Å². The maximum Gasteiger partial charge on any atom is 0.261 e. The monoisotopic (exact) mass is 269 g/mol. The van der Waals surface area contributed by atoms with Crippen LogP contribution in [0.2, 0.25) is 0 Å². The van der Waals surface area contributed by atoms with Crippen molar-refractivity contribution >= 4 is 17.5 Å². The molecule has 1 amide bonds. The summed E-state index contributed by atoms with van der Waals surface area (Å²) in [6, 6.07) is 0.134. The topological polar surface area (TPSA) is 38.3 Å². The van der Waals surface area contributed by atoms with Gasteiger partial charge in [0.2, 0.25) is 5.91 Å². The van der Waals surface area contributed by atoms with Crippen LogP contribution >= 0.6 is 11.6 Å². The Bertz CT molecular complexity index is 242. The first-order valence-electron chi connectivity index (χ1n) is 5.84. The second-order valence-corrected chi connectivity index (χ2v) is 4.54. The van der Waals surface area contributed by atoms with Crippen molar-refractivity contribution in [3.63, 3.8) is 0 Å². The lowest BCUT2D eigenvalue weighted by molar-refractivity contribution is -0.123. The van der Waals surface area contributed by atoms with E-state index < -0.39 is 13.0 Å². The second-order valence-electron chi connectivity index (χ2n) is 4.24. The normalized spacial score (nSPS) is 24.2. The highest BCUT2D eigenvalue weighted by Crippen LogP contribution is 2.26. The van der Waals surface area contributed by atoms with Crippen molar-refractivity contribution in [1.82, 2.24) is 5.32 Å². The van der Waals surface area contributed by atoms with E-state index in [-0.39, 0.29) is 25.0 Å². The molecule has 2 unspecified atom stereocenters. The molecule has 1 fully saturated rings. The van der Waals surface area contributed by atoms with Crippen LogP contribution in [0, 0.1) is 5.92 Å². The van der Waals surface area contributed by atoms with Gasteiger partial charge in [0.15, 0.2) is 0 Å². The van der Waals surface area contributed by atoms with Crippen molar-refractivity contribution in [3.8, 4) is 0 Å². The fourth-order valence-electron chi connectivity index (χ4n) is 2.03. The number of carbonyl (C=O) groups is 1. The smallest absolute Gasteiger partial charge is 0.261 e. The van der Waals surface area contributed by atoms with Crippen molar-refractivity contribution in [2.75, 3.05) is 19.1 Å². The molecule has 0 aromatic carbocycles. The van der Waals surface area contributed by atoms with Crippen LogP contribution in [0.5, 0.6) is 0 Å². The van der Waals surface area contributed by atoms with Crippen LogP contribution in [0.25, 0.3) is 0 Å². The van der Waals surface area contributed by atoms with Gasteiger partial charge in [-0.3, -0.25) is 4.79 Å². The van der Waals surface area contributed by atoms with Crippen LogP contribution < -0.4 is 5.32 Å². The Morgan fingerprint density at radius 3 is 2.88 bits per heavy atom. The number of halogens is 3. The van der Waals surface area contributed by atoms with Crippen LogP contribution in [0.1, 0.15) is 25.7 Å². The highest BCUT2D eigenvalue weighted by atomic mass is 35.5. The van der Waals surface area contributed by atoms with Crippen molar-refractivity contribution in [3.05, 3.63) is 0 Å². The van der Waals surface area contributed by atoms with Crippen LogP contribution in [-0.4, -0.2) is 37.5 Å². The number of alkyl halides is 3. The van der Waals surface area contributed by atoms with E-state index in [1.54, 1.807) is 0 Å². The van der Waals surface area contributed by atoms with Crippen molar-refractivity contribution in [2.45, 2.75) is 38.2 Å². The van der Waals surface area contributed by atoms with E-state index in [2.05, 4.69) is 10.1 Å². The first-order chi connectivity index (χ1) is 8.13. The molecule has 0 spiro atoms. The fraction of sp³-hybridized carbons (Fsp3) is 0.909. The van der Waals surface area contributed by atoms with E-state index in [4.69, 9.17) is 11.6 Å². The maximum atomic E-state index is 11.7. The van der Waals surface area contributed by atoms with E-state index in [0.717, 1.165) is 19.3 Å². The van der Waals surface area contributed by atoms with Gasteiger partial charge in [-0.1, -0.05) is 6.42 Å². The molecule has 100 valence electrons. The molecule has 0 heterocycles. The third kappa shape index (κ3) is 5.64. The van der Waals surface area contributed by atoms with Crippen molar-refractivity contribution in [1.29, 1.82) is 0 Å². The van der Waals surface area contributed by atoms with Crippen LogP contribution in [0.15, 0.2) is 0 Å². The predicted molar refractivity (Wildman–Crippen MR) is 61.4 cm³/mol. The van der Waals surface area contributed by atoms with Crippen molar-refractivity contribution in [2.24, 2.45) is 5.92 Å². The Morgan fingerprint density at radius 2 is 2.24 bits per heavy atom. The van der Waals surface area contributed by atoms with Gasteiger partial charge in [-0.2, -0.15) is 0 Å². The molecule has 3 nitrogen and oxygen atoms in total. The van der Waals surface area contributed by atoms with Gasteiger partial charge in [-0.05, 0) is 18.8 Å². The van der Waals surface area contributed by atoms with E-state index in [1.165, 1.54) is 0 Å². The first kappa shape index (κ1) is 14.6. The van der Waals surface area contributed by atoms with Gasteiger partial charge in [-0.15, -0.1) is 11.6 Å². The molecular formula is C11H18ClF2NO2. The van der Waals surface area contributed by atoms with Crippen molar-refractivity contribution < 1.29 is 18.3 Å². The number of ether oxygens (including phenoxy) is 1. The highest BCUT2D eigenvalue weighted by Gasteiger charge is 2.27. The fourth-order valence-corrected chi connectivity index (χ4v) is 2.40. The SMILES string of the molecule is O=C(CCOCC(F)F)NC1CCCC1CCl. The largest absolute Gasteiger partial charge is 0.375 e. The second kappa shape index (κ2) is 7.82. The highest BCUT2D eigenvalue weighted by molar-refractivity contribution is 6.18. The zero-order chi connectivity index (χ0) is 12.7. The summed E-state index contributed by atoms with van der Waals surface area (Å²) in [5.41, 5.74) is 0. The number of hydrogen-bond donors (Lipinski definition) is 1. The predicted octanol–water partition coefficient (Wildman–Crippen LogP) is 2.18. The quantitative estimate of drug-likeness (QED) is 0.568. The molecule has 2 atom stereocenters. The number of carbonyl (C=O) groups excluding carboxylic acids is 1. The van der Waals surface area contributed by atoms with Crippen LogP contribution in [-0.2, 0) is 9.53 Å². The number of rotatable bonds is 7. The number of amides is 1. The average molecular weight is 270 g/mol. The Labute approximate surface area is 105 Å². The molecule has 0 radical (unpaired) electrons. The Kier molecular flexibility index (Phi) is 6.73. The Morgan fingerprint density at radius 1 is 1.47 bits per heavy atom. The zero-order valence-electron chi connectivity index (χ0n) is 9.63. The molecule has 1 aliphatic rings. The molecule has 0 aliphatic heterocycles. The van der Waals surface area contributed by atoms with E-state index in [1.807, 2.05) is 0 Å². The molecule has 1 saturated carbocycles. The van der Waals surface area contributed by atoms with Gasteiger partial charge in [0.05, 0.1) is 6.61 Å². The summed E-state index contributed by atoms with van der Waals surface area (Å²) in [5, 5.41) is 2.88. The summed E-state index contributed by atoms with van der Waals surface area (Å²) in [7, 11) is 0. The minimum atomic E-state index is -2.48. The summed E-state index contributed by atoms with van der Waals surface area (Å²) in [6.45, 7) is -0.574. The van der Waals surface area contributed by atoms with Gasteiger partial charge in [0.1, 0.15) is 6.61 Å². The molecule has 1 aliphatic carbocycles. The lowest BCUT2D eigenvalue weighted by atomic mass is 10.1. The average Bonchev–Trinajstić information content (AvgIpc) is 2.71. The summed E-state index contributed by atoms with van der Waals surface area (Å²) >= 11 is 5.79. The van der Waals surface area contributed by atoms with Crippen LogP contribution in [0.4, 0.5) is 8.78 Å². The maximum absolute atomic E-state index is 11.7. The Hall–Kier alpha value is -0.420. The molecule has 0 saturated heterocycles. The zero-order valence-corrected chi connectivity index (χ0v) is 10.4. The standard InChI is InChI=1S/C11H18ClF2NO2/c12-6-8-2-1-3-9(8)15-11(16)4-5-17-7-10(13)14/h8-10H,1-7H2,(H,15,16). The van der Waals surface area contributed by atoms with Crippen LogP contribution in [0.3, 0.4) is 0 Å². The molecule has 6 heteroatoms. The molecule has 0 aromatic heterocycles. The number of nitrogens with one attached hydrogen (secondary N) is 1. The van der Waals surface area contributed by atoms with Gasteiger partial charge in [0, 0.05) is 18.3 Å². The lowest BCUT2D eigenvalue weighted by Gasteiger charge is -2.18. The Balaban J connectivity index is 2.12. The third-order valence-corrected chi connectivity index (χ3v) is 3.32. The molecule has 1 N–H and O–H groups in total. The summed E-state index contributed by atoms with van der Waals surface area (Å²) in [4.78, 5) is 11.5. The molecule has 0 aromatic rings. The summed E-state index contributed by atoms with van der Waals surface area (Å²) in [6.07, 6.45) is 0.702. The minimum absolute atomic E-state index is 0.0361. The molecule has 17 heavy (non-hydrogen) atoms. The molecule has 1 rings (SSSR count). The molecule has 0 bridgehead atoms. The summed E-state index contributed by atoms with van der Waals surface area (Å²) < 4.78 is 28.1.